The van der Waals surface area contributed by atoms with Gasteiger partial charge in [-0.3, -0.25) is 5.10 Å². The zero-order valence-corrected chi connectivity index (χ0v) is 8.32. The molecule has 0 aliphatic rings. The van der Waals surface area contributed by atoms with Crippen LogP contribution in [-0.2, 0) is 0 Å². The van der Waals surface area contributed by atoms with Crippen molar-refractivity contribution in [2.45, 2.75) is 0 Å². The Morgan fingerprint density at radius 2 is 2.07 bits per heavy atom. The minimum absolute atomic E-state index is 0.458. The summed E-state index contributed by atoms with van der Waals surface area (Å²) in [6.07, 6.45) is 0. The van der Waals surface area contributed by atoms with Gasteiger partial charge in [-0.2, -0.15) is 5.10 Å². The number of nitrogens with zero attached hydrogens (tertiary/aromatic N) is 1. The smallest absolute Gasteiger partial charge is 0.145 e. The Kier molecular flexibility index (Phi) is 2.21. The van der Waals surface area contributed by atoms with Gasteiger partial charge >= 0.3 is 0 Å². The van der Waals surface area contributed by atoms with Crippen molar-refractivity contribution < 1.29 is 4.74 Å². The topological polar surface area (TPSA) is 90.0 Å². The molecule has 0 atom stereocenters. The van der Waals surface area contributed by atoms with Gasteiger partial charge in [0, 0.05) is 11.6 Å². The van der Waals surface area contributed by atoms with Crippen molar-refractivity contribution in [1.29, 1.82) is 0 Å². The fourth-order valence-corrected chi connectivity index (χ4v) is 1.39. The van der Waals surface area contributed by atoms with Crippen molar-refractivity contribution in [3.63, 3.8) is 0 Å². The number of hydrogen-bond donors (Lipinski definition) is 3. The average Bonchev–Trinajstić information content (AvgIpc) is 2.65. The quantitative estimate of drug-likeness (QED) is 0.642. The molecule has 5 heteroatoms. The molecule has 78 valence electrons. The Morgan fingerprint density at radius 1 is 1.27 bits per heavy atom. The van der Waals surface area contributed by atoms with E-state index in [1.807, 2.05) is 18.2 Å². The molecule has 1 aromatic carbocycles. The van der Waals surface area contributed by atoms with Gasteiger partial charge in [-0.1, -0.05) is 0 Å². The number of methoxy groups -OCH3 is 1. The van der Waals surface area contributed by atoms with Gasteiger partial charge in [0.1, 0.15) is 11.6 Å². The molecule has 0 aliphatic heterocycles. The van der Waals surface area contributed by atoms with Gasteiger partial charge in [0.2, 0.25) is 0 Å². The molecule has 0 fully saturated rings. The average molecular weight is 204 g/mol. The highest BCUT2D eigenvalue weighted by Gasteiger charge is 2.04. The number of ether oxygens (including phenoxy) is 1. The van der Waals surface area contributed by atoms with Gasteiger partial charge < -0.3 is 16.2 Å². The van der Waals surface area contributed by atoms with E-state index in [4.69, 9.17) is 16.2 Å². The summed E-state index contributed by atoms with van der Waals surface area (Å²) in [7, 11) is 1.58. The van der Waals surface area contributed by atoms with Gasteiger partial charge in [0.25, 0.3) is 0 Å². The molecule has 0 amide bonds. The van der Waals surface area contributed by atoms with Crippen LogP contribution in [0, 0.1) is 0 Å². The highest BCUT2D eigenvalue weighted by atomic mass is 16.5. The van der Waals surface area contributed by atoms with Crippen molar-refractivity contribution in [3.8, 4) is 17.0 Å². The lowest BCUT2D eigenvalue weighted by Crippen LogP contribution is -1.92. The summed E-state index contributed by atoms with van der Waals surface area (Å²) in [5.41, 5.74) is 13.6. The lowest BCUT2D eigenvalue weighted by atomic mass is 10.1. The molecule has 1 heterocycles. The Balaban J connectivity index is 2.42. The van der Waals surface area contributed by atoms with E-state index in [1.165, 1.54) is 0 Å². The first-order valence-corrected chi connectivity index (χ1v) is 4.45. The fourth-order valence-electron chi connectivity index (χ4n) is 1.39. The van der Waals surface area contributed by atoms with Crippen LogP contribution < -0.4 is 16.2 Å². The van der Waals surface area contributed by atoms with E-state index in [0.29, 0.717) is 17.3 Å². The number of H-pyrrole nitrogens is 1. The summed E-state index contributed by atoms with van der Waals surface area (Å²) in [5, 5.41) is 6.66. The number of nitrogens with one attached hydrogen (secondary N) is 1. The summed E-state index contributed by atoms with van der Waals surface area (Å²) in [5.74, 6) is 1.12. The lowest BCUT2D eigenvalue weighted by molar-refractivity contribution is 0.417. The second kappa shape index (κ2) is 3.53. The Bertz CT molecular complexity index is 478. The SMILES string of the molecule is COc1ccc(-c2cc(N)n[nH]2)cc1N. The van der Waals surface area contributed by atoms with E-state index in [2.05, 4.69) is 10.2 Å². The Hall–Kier alpha value is -2.17. The zero-order valence-electron chi connectivity index (χ0n) is 8.32. The van der Waals surface area contributed by atoms with Crippen LogP contribution >= 0.6 is 0 Å². The molecule has 5 nitrogen and oxygen atoms in total. The minimum atomic E-state index is 0.458. The maximum atomic E-state index is 5.79. The van der Waals surface area contributed by atoms with Crippen LogP contribution in [0.4, 0.5) is 11.5 Å². The Labute approximate surface area is 87.0 Å². The summed E-state index contributed by atoms with van der Waals surface area (Å²) in [6, 6.07) is 7.26. The number of nitrogens with two attached hydrogens (primary N) is 2. The molecule has 0 unspecified atom stereocenters. The molecule has 0 bridgehead atoms. The number of rotatable bonds is 2. The summed E-state index contributed by atoms with van der Waals surface area (Å²) in [6.45, 7) is 0. The van der Waals surface area contributed by atoms with E-state index < -0.39 is 0 Å². The van der Waals surface area contributed by atoms with Crippen LogP contribution in [0.1, 0.15) is 0 Å². The summed E-state index contributed by atoms with van der Waals surface area (Å²) < 4.78 is 5.07. The molecule has 0 aliphatic carbocycles. The van der Waals surface area contributed by atoms with Crippen LogP contribution in [0.2, 0.25) is 0 Å². The molecule has 0 spiro atoms. The van der Waals surface area contributed by atoms with E-state index in [9.17, 15) is 0 Å². The van der Waals surface area contributed by atoms with Crippen molar-refractivity contribution >= 4 is 11.5 Å². The summed E-state index contributed by atoms with van der Waals surface area (Å²) in [4.78, 5) is 0. The zero-order chi connectivity index (χ0) is 10.8. The predicted octanol–water partition coefficient (Wildman–Crippen LogP) is 1.25. The summed E-state index contributed by atoms with van der Waals surface area (Å²) >= 11 is 0. The number of benzene rings is 1. The first kappa shape index (κ1) is 9.39. The standard InChI is InChI=1S/C10H12N4O/c1-15-9-3-2-6(4-7(9)11)8-5-10(12)14-13-8/h2-5H,11H2,1H3,(H3,12,13,14). The number of anilines is 2. The highest BCUT2D eigenvalue weighted by molar-refractivity contribution is 5.69. The minimum Gasteiger partial charge on any atom is -0.495 e. The molecular weight excluding hydrogens is 192 g/mol. The molecular formula is C10H12N4O. The van der Waals surface area contributed by atoms with Crippen LogP contribution in [0.3, 0.4) is 0 Å². The third-order valence-corrected chi connectivity index (χ3v) is 2.14. The van der Waals surface area contributed by atoms with Crippen molar-refractivity contribution in [1.82, 2.24) is 10.2 Å². The normalized spacial score (nSPS) is 10.2. The van der Waals surface area contributed by atoms with E-state index in [-0.39, 0.29) is 0 Å². The third-order valence-electron chi connectivity index (χ3n) is 2.14. The number of aromatic amines is 1. The fraction of sp³-hybridized carbons (Fsp3) is 0.100. The second-order valence-corrected chi connectivity index (χ2v) is 3.16. The largest absolute Gasteiger partial charge is 0.495 e. The highest BCUT2D eigenvalue weighted by Crippen LogP contribution is 2.27. The first-order valence-electron chi connectivity index (χ1n) is 4.45. The Morgan fingerprint density at radius 3 is 2.60 bits per heavy atom. The molecule has 0 radical (unpaired) electrons. The van der Waals surface area contributed by atoms with Gasteiger partial charge in [0.05, 0.1) is 18.5 Å². The van der Waals surface area contributed by atoms with Crippen LogP contribution in [0.15, 0.2) is 24.3 Å². The molecule has 15 heavy (non-hydrogen) atoms. The van der Waals surface area contributed by atoms with Gasteiger partial charge in [0.15, 0.2) is 0 Å². The maximum Gasteiger partial charge on any atom is 0.145 e. The van der Waals surface area contributed by atoms with E-state index in [0.717, 1.165) is 11.3 Å². The van der Waals surface area contributed by atoms with E-state index >= 15 is 0 Å². The second-order valence-electron chi connectivity index (χ2n) is 3.16. The number of aromatic nitrogens is 2. The van der Waals surface area contributed by atoms with Gasteiger partial charge in [-0.25, -0.2) is 0 Å². The van der Waals surface area contributed by atoms with Crippen LogP contribution in [0.5, 0.6) is 5.75 Å². The molecule has 1 aromatic heterocycles. The van der Waals surface area contributed by atoms with E-state index in [1.54, 1.807) is 13.2 Å². The third kappa shape index (κ3) is 1.71. The number of nitrogen functional groups attached to an aromatic ring is 2. The van der Waals surface area contributed by atoms with Gasteiger partial charge in [-0.05, 0) is 18.2 Å². The van der Waals surface area contributed by atoms with Crippen LogP contribution in [-0.4, -0.2) is 17.3 Å². The monoisotopic (exact) mass is 204 g/mol. The van der Waals surface area contributed by atoms with Crippen molar-refractivity contribution in [3.05, 3.63) is 24.3 Å². The van der Waals surface area contributed by atoms with Gasteiger partial charge in [-0.15, -0.1) is 0 Å². The first-order chi connectivity index (χ1) is 7.20. The molecule has 5 N–H and O–H groups in total. The lowest BCUT2D eigenvalue weighted by Gasteiger charge is -2.05. The molecule has 2 rings (SSSR count). The molecule has 0 saturated carbocycles. The maximum absolute atomic E-state index is 5.79. The molecule has 0 saturated heterocycles. The van der Waals surface area contributed by atoms with Crippen molar-refractivity contribution in [2.75, 3.05) is 18.6 Å². The predicted molar refractivity (Wildman–Crippen MR) is 59.4 cm³/mol. The molecule has 2 aromatic rings. The van der Waals surface area contributed by atoms with Crippen molar-refractivity contribution in [2.24, 2.45) is 0 Å². The van der Waals surface area contributed by atoms with Crippen LogP contribution in [0.25, 0.3) is 11.3 Å². The number of hydrogen-bond acceptors (Lipinski definition) is 4.